The minimum Gasteiger partial charge on any atom is -0.491 e. The van der Waals surface area contributed by atoms with Crippen molar-refractivity contribution in [3.8, 4) is 22.9 Å². The van der Waals surface area contributed by atoms with E-state index in [0.29, 0.717) is 25.7 Å². The SMILES string of the molecule is N#CC1CC2C(=O)N(CCOc3ccc(Cl)cc3-c3cc(C(=O)O)cc(F)c3F)CNC2CN1. The molecule has 2 fully saturated rings. The number of ether oxygens (including phenoxy) is 1. The molecule has 2 aliphatic heterocycles. The number of hydrogen-bond acceptors (Lipinski definition) is 6. The minimum absolute atomic E-state index is 0.0437. The summed E-state index contributed by atoms with van der Waals surface area (Å²) in [5.41, 5.74) is -0.631. The lowest BCUT2D eigenvalue weighted by Crippen LogP contribution is -2.64. The van der Waals surface area contributed by atoms with Gasteiger partial charge >= 0.3 is 5.97 Å². The van der Waals surface area contributed by atoms with Crippen molar-refractivity contribution < 1.29 is 28.2 Å². The van der Waals surface area contributed by atoms with Gasteiger partial charge in [-0.1, -0.05) is 11.6 Å². The summed E-state index contributed by atoms with van der Waals surface area (Å²) < 4.78 is 34.4. The summed E-state index contributed by atoms with van der Waals surface area (Å²) in [6.45, 7) is 1.11. The Morgan fingerprint density at radius 1 is 1.26 bits per heavy atom. The quantitative estimate of drug-likeness (QED) is 0.570. The Morgan fingerprint density at radius 2 is 2.06 bits per heavy atom. The topological polar surface area (TPSA) is 115 Å². The molecular formula is C23H21ClF2N4O4. The van der Waals surface area contributed by atoms with Crippen LogP contribution in [0.2, 0.25) is 5.02 Å². The molecule has 2 aromatic carbocycles. The molecule has 0 radical (unpaired) electrons. The summed E-state index contributed by atoms with van der Waals surface area (Å²) in [5.74, 6) is -4.17. The van der Waals surface area contributed by atoms with Gasteiger partial charge in [0.15, 0.2) is 11.6 Å². The van der Waals surface area contributed by atoms with Gasteiger partial charge in [0.2, 0.25) is 5.91 Å². The van der Waals surface area contributed by atoms with E-state index in [2.05, 4.69) is 16.7 Å². The lowest BCUT2D eigenvalue weighted by molar-refractivity contribution is -0.142. The number of rotatable bonds is 6. The molecule has 0 spiro atoms. The Labute approximate surface area is 199 Å². The van der Waals surface area contributed by atoms with Gasteiger partial charge in [-0.3, -0.25) is 10.1 Å². The number of aromatic carboxylic acids is 1. The van der Waals surface area contributed by atoms with Crippen LogP contribution in [0, 0.1) is 28.9 Å². The van der Waals surface area contributed by atoms with E-state index < -0.39 is 23.2 Å². The Hall–Kier alpha value is -3.26. The Morgan fingerprint density at radius 3 is 2.79 bits per heavy atom. The second-order valence-corrected chi connectivity index (χ2v) is 8.55. The van der Waals surface area contributed by atoms with E-state index >= 15 is 0 Å². The average molecular weight is 491 g/mol. The molecule has 2 aromatic rings. The van der Waals surface area contributed by atoms with Crippen molar-refractivity contribution in [1.29, 1.82) is 5.26 Å². The number of carbonyl (C=O) groups is 2. The third-order valence-electron chi connectivity index (χ3n) is 6.01. The van der Waals surface area contributed by atoms with Gasteiger partial charge in [-0.15, -0.1) is 0 Å². The van der Waals surface area contributed by atoms with E-state index in [1.807, 2.05) is 0 Å². The molecule has 0 aliphatic carbocycles. The van der Waals surface area contributed by atoms with Crippen molar-refractivity contribution in [2.75, 3.05) is 26.4 Å². The molecule has 1 amide bonds. The number of nitrogens with zero attached hydrogens (tertiary/aromatic N) is 2. The number of carbonyl (C=O) groups excluding carboxylic acids is 1. The number of nitrogens with one attached hydrogen (secondary N) is 2. The van der Waals surface area contributed by atoms with Crippen LogP contribution in [-0.2, 0) is 4.79 Å². The van der Waals surface area contributed by atoms with Crippen LogP contribution in [0.4, 0.5) is 8.78 Å². The van der Waals surface area contributed by atoms with Crippen molar-refractivity contribution in [1.82, 2.24) is 15.5 Å². The standard InChI is InChI=1S/C23H21ClF2N4O4/c24-13-1-2-20(15(7-13)16-5-12(23(32)33)6-18(25)21(16)26)34-4-3-30-11-29-19-10-28-14(9-27)8-17(19)22(30)31/h1-2,5-7,14,17,19,28-29H,3-4,8,10-11H2,(H,32,33). The van der Waals surface area contributed by atoms with E-state index in [4.69, 9.17) is 21.6 Å². The molecule has 3 N–H and O–H groups in total. The van der Waals surface area contributed by atoms with E-state index in [9.17, 15) is 23.5 Å². The fraction of sp³-hybridized carbons (Fsp3) is 0.348. The van der Waals surface area contributed by atoms with Crippen molar-refractivity contribution in [2.45, 2.75) is 18.5 Å². The smallest absolute Gasteiger partial charge is 0.335 e. The second-order valence-electron chi connectivity index (χ2n) is 8.12. The zero-order valence-corrected chi connectivity index (χ0v) is 18.6. The highest BCUT2D eigenvalue weighted by Crippen LogP contribution is 2.36. The van der Waals surface area contributed by atoms with Crippen LogP contribution in [0.5, 0.6) is 5.75 Å². The number of amides is 1. The lowest BCUT2D eigenvalue weighted by Gasteiger charge is -2.42. The largest absolute Gasteiger partial charge is 0.491 e. The number of halogens is 3. The van der Waals surface area contributed by atoms with Gasteiger partial charge in [-0.25, -0.2) is 13.6 Å². The van der Waals surface area contributed by atoms with Gasteiger partial charge in [0.25, 0.3) is 0 Å². The molecule has 8 nitrogen and oxygen atoms in total. The molecule has 0 bridgehead atoms. The zero-order valence-electron chi connectivity index (χ0n) is 17.9. The van der Waals surface area contributed by atoms with E-state index in [0.717, 1.165) is 6.07 Å². The Balaban J connectivity index is 1.50. The third kappa shape index (κ3) is 4.82. The summed E-state index contributed by atoms with van der Waals surface area (Å²) >= 11 is 6.05. The van der Waals surface area contributed by atoms with Gasteiger partial charge < -0.3 is 20.1 Å². The van der Waals surface area contributed by atoms with Crippen LogP contribution in [0.25, 0.3) is 11.1 Å². The third-order valence-corrected chi connectivity index (χ3v) is 6.25. The number of benzene rings is 2. The van der Waals surface area contributed by atoms with Gasteiger partial charge in [0, 0.05) is 28.7 Å². The maximum absolute atomic E-state index is 14.6. The van der Waals surface area contributed by atoms with Crippen molar-refractivity contribution in [3.63, 3.8) is 0 Å². The highest BCUT2D eigenvalue weighted by atomic mass is 35.5. The number of hydrogen-bond donors (Lipinski definition) is 3. The van der Waals surface area contributed by atoms with Gasteiger partial charge in [0.05, 0.1) is 36.8 Å². The number of nitriles is 1. The fourth-order valence-corrected chi connectivity index (χ4v) is 4.41. The molecule has 34 heavy (non-hydrogen) atoms. The number of carboxylic acid groups (broad SMARTS) is 1. The van der Waals surface area contributed by atoms with Crippen LogP contribution in [0.1, 0.15) is 16.8 Å². The molecule has 0 saturated carbocycles. The van der Waals surface area contributed by atoms with E-state index in [1.165, 1.54) is 18.2 Å². The second kappa shape index (κ2) is 9.93. The van der Waals surface area contributed by atoms with Crippen molar-refractivity contribution in [2.24, 2.45) is 5.92 Å². The van der Waals surface area contributed by atoms with Gasteiger partial charge in [0.1, 0.15) is 12.4 Å². The molecule has 4 rings (SSSR count). The highest BCUT2D eigenvalue weighted by Gasteiger charge is 2.40. The molecule has 11 heteroatoms. The molecule has 3 atom stereocenters. The molecule has 178 valence electrons. The Kier molecular flexibility index (Phi) is 6.97. The maximum atomic E-state index is 14.6. The summed E-state index contributed by atoms with van der Waals surface area (Å²) in [5, 5.41) is 25.0. The van der Waals surface area contributed by atoms with Crippen LogP contribution in [0.3, 0.4) is 0 Å². The molecule has 3 unspecified atom stereocenters. The van der Waals surface area contributed by atoms with Crippen molar-refractivity contribution >= 4 is 23.5 Å². The summed E-state index contributed by atoms with van der Waals surface area (Å²) in [4.78, 5) is 25.8. The molecule has 2 aliphatic rings. The average Bonchev–Trinajstić information content (AvgIpc) is 2.82. The van der Waals surface area contributed by atoms with Crippen LogP contribution >= 0.6 is 11.6 Å². The minimum atomic E-state index is -1.41. The number of carboxylic acids is 1. The number of fused-ring (bicyclic) bond motifs is 1. The molecular weight excluding hydrogens is 470 g/mol. The first kappa shape index (κ1) is 23.9. The van der Waals surface area contributed by atoms with E-state index in [-0.39, 0.29) is 59.0 Å². The van der Waals surface area contributed by atoms with Crippen LogP contribution in [0.15, 0.2) is 30.3 Å². The predicted molar refractivity (Wildman–Crippen MR) is 118 cm³/mol. The summed E-state index contributed by atoms with van der Waals surface area (Å²) in [6.07, 6.45) is 0.413. The van der Waals surface area contributed by atoms with E-state index in [1.54, 1.807) is 4.90 Å². The number of piperidine rings is 1. The predicted octanol–water partition coefficient (Wildman–Crippen LogP) is 2.62. The van der Waals surface area contributed by atoms with Gasteiger partial charge in [-0.2, -0.15) is 5.26 Å². The molecule has 2 heterocycles. The van der Waals surface area contributed by atoms with Crippen LogP contribution < -0.4 is 15.4 Å². The summed E-state index contributed by atoms with van der Waals surface area (Å²) in [7, 11) is 0. The maximum Gasteiger partial charge on any atom is 0.335 e. The zero-order chi connectivity index (χ0) is 24.4. The molecule has 2 saturated heterocycles. The van der Waals surface area contributed by atoms with Crippen LogP contribution in [-0.4, -0.2) is 60.3 Å². The first-order chi connectivity index (χ1) is 16.3. The van der Waals surface area contributed by atoms with Crippen molar-refractivity contribution in [3.05, 3.63) is 52.6 Å². The first-order valence-corrected chi connectivity index (χ1v) is 11.0. The summed E-state index contributed by atoms with van der Waals surface area (Å²) in [6, 6.07) is 7.67. The normalized spacial score (nSPS) is 22.1. The van der Waals surface area contributed by atoms with Gasteiger partial charge in [-0.05, 0) is 36.8 Å². The Bertz CT molecular complexity index is 1170. The first-order valence-electron chi connectivity index (χ1n) is 10.6. The highest BCUT2D eigenvalue weighted by molar-refractivity contribution is 6.31. The monoisotopic (exact) mass is 490 g/mol. The fourth-order valence-electron chi connectivity index (χ4n) is 4.24. The molecule has 0 aromatic heterocycles. The lowest BCUT2D eigenvalue weighted by atomic mass is 9.86.